The summed E-state index contributed by atoms with van der Waals surface area (Å²) in [4.78, 5) is 12.3. The van der Waals surface area contributed by atoms with Gasteiger partial charge in [0.2, 0.25) is 0 Å². The lowest BCUT2D eigenvalue weighted by Gasteiger charge is -2.12. The summed E-state index contributed by atoms with van der Waals surface area (Å²) in [5, 5.41) is 9.62. The molecule has 3 rings (SSSR count). The molecule has 0 amide bonds. The maximum Gasteiger partial charge on any atom is 0.339 e. The topological polar surface area (TPSA) is 63.2 Å². The van der Waals surface area contributed by atoms with E-state index in [2.05, 4.69) is 6.07 Å². The first kappa shape index (κ1) is 15.6. The number of hydrogen-bond acceptors (Lipinski definition) is 4. The van der Waals surface area contributed by atoms with E-state index in [-0.39, 0.29) is 12.2 Å². The van der Waals surface area contributed by atoms with Gasteiger partial charge in [-0.25, -0.2) is 4.79 Å². The van der Waals surface area contributed by atoms with E-state index in [1.165, 1.54) is 0 Å². The van der Waals surface area contributed by atoms with Crippen LogP contribution in [0, 0.1) is 11.3 Å². The highest BCUT2D eigenvalue weighted by Crippen LogP contribution is 2.32. The maximum atomic E-state index is 12.3. The van der Waals surface area contributed by atoms with Gasteiger partial charge in [0.25, 0.3) is 0 Å². The van der Waals surface area contributed by atoms with Gasteiger partial charge in [-0.1, -0.05) is 30.3 Å². The number of furan rings is 1. The number of nitriles is 1. The van der Waals surface area contributed by atoms with Gasteiger partial charge in [0.1, 0.15) is 11.8 Å². The first-order valence-corrected chi connectivity index (χ1v) is 7.59. The second-order valence-corrected chi connectivity index (χ2v) is 5.12. The van der Waals surface area contributed by atoms with Crippen LogP contribution in [0.5, 0.6) is 0 Å². The van der Waals surface area contributed by atoms with Crippen molar-refractivity contribution in [1.29, 1.82) is 5.26 Å². The van der Waals surface area contributed by atoms with E-state index in [1.54, 1.807) is 25.3 Å². The van der Waals surface area contributed by atoms with Gasteiger partial charge in [0.15, 0.2) is 0 Å². The van der Waals surface area contributed by atoms with Crippen LogP contribution < -0.4 is 0 Å². The minimum Gasteiger partial charge on any atom is -0.464 e. The van der Waals surface area contributed by atoms with Crippen molar-refractivity contribution in [3.05, 3.63) is 72.0 Å². The number of ether oxygens (including phenoxy) is 1. The molecule has 118 valence electrons. The maximum absolute atomic E-state index is 12.3. The highest BCUT2D eigenvalue weighted by atomic mass is 16.5. The Kier molecular flexibility index (Phi) is 4.44. The zero-order valence-electron chi connectivity index (χ0n) is 13.2. The van der Waals surface area contributed by atoms with Gasteiger partial charge in [-0.3, -0.25) is 0 Å². The van der Waals surface area contributed by atoms with Gasteiger partial charge in [-0.2, -0.15) is 5.26 Å². The third-order valence-electron chi connectivity index (χ3n) is 3.64. The third-order valence-corrected chi connectivity index (χ3v) is 3.64. The van der Waals surface area contributed by atoms with Crippen LogP contribution in [0.15, 0.2) is 65.3 Å². The Balaban J connectivity index is 2.27. The predicted octanol–water partition coefficient (Wildman–Crippen LogP) is 4.66. The van der Waals surface area contributed by atoms with E-state index in [9.17, 15) is 10.1 Å². The van der Waals surface area contributed by atoms with Gasteiger partial charge in [0.05, 0.1) is 24.0 Å². The molecule has 24 heavy (non-hydrogen) atoms. The molecule has 0 N–H and O–H groups in total. The molecule has 4 heteroatoms. The molecule has 1 heterocycles. The van der Waals surface area contributed by atoms with E-state index in [4.69, 9.17) is 9.15 Å². The number of esters is 1. The summed E-state index contributed by atoms with van der Waals surface area (Å²) in [6, 6.07) is 18.7. The van der Waals surface area contributed by atoms with Crippen LogP contribution >= 0.6 is 0 Å². The zero-order valence-corrected chi connectivity index (χ0v) is 13.2. The van der Waals surface area contributed by atoms with Crippen LogP contribution in [0.1, 0.15) is 22.8 Å². The van der Waals surface area contributed by atoms with Crippen molar-refractivity contribution in [3.63, 3.8) is 0 Å². The molecule has 0 bridgehead atoms. The van der Waals surface area contributed by atoms with E-state index in [0.29, 0.717) is 16.9 Å². The lowest BCUT2D eigenvalue weighted by Crippen LogP contribution is -2.08. The van der Waals surface area contributed by atoms with Crippen molar-refractivity contribution >= 4 is 5.97 Å². The van der Waals surface area contributed by atoms with Crippen LogP contribution in [-0.4, -0.2) is 12.6 Å². The quantitative estimate of drug-likeness (QED) is 0.656. The fraction of sp³-hybridized carbons (Fsp3) is 0.100. The SMILES string of the molecule is CCOC(=O)c1cc(-c2ccco2)cc(-c2ccccc2)c1C#N. The predicted molar refractivity (Wildman–Crippen MR) is 90.3 cm³/mol. The van der Waals surface area contributed by atoms with Gasteiger partial charge in [-0.05, 0) is 36.8 Å². The number of carbonyl (C=O) groups is 1. The molecule has 0 aliphatic heterocycles. The highest BCUT2D eigenvalue weighted by molar-refractivity contribution is 5.97. The van der Waals surface area contributed by atoms with Crippen molar-refractivity contribution in [1.82, 2.24) is 0 Å². The Morgan fingerprint density at radius 2 is 1.92 bits per heavy atom. The van der Waals surface area contributed by atoms with Crippen molar-refractivity contribution in [2.24, 2.45) is 0 Å². The van der Waals surface area contributed by atoms with Gasteiger partial charge in [-0.15, -0.1) is 0 Å². The van der Waals surface area contributed by atoms with Crippen LogP contribution in [-0.2, 0) is 4.74 Å². The summed E-state index contributed by atoms with van der Waals surface area (Å²) in [6.45, 7) is 1.98. The van der Waals surface area contributed by atoms with Gasteiger partial charge < -0.3 is 9.15 Å². The van der Waals surface area contributed by atoms with Crippen LogP contribution in [0.2, 0.25) is 0 Å². The fourth-order valence-electron chi connectivity index (χ4n) is 2.56. The molecule has 0 unspecified atom stereocenters. The van der Waals surface area contributed by atoms with E-state index in [1.807, 2.05) is 42.5 Å². The number of benzene rings is 2. The van der Waals surface area contributed by atoms with Crippen molar-refractivity contribution in [2.45, 2.75) is 6.92 Å². The summed E-state index contributed by atoms with van der Waals surface area (Å²) in [5.74, 6) is 0.113. The molecule has 0 aliphatic carbocycles. The molecule has 0 atom stereocenters. The summed E-state index contributed by atoms with van der Waals surface area (Å²) < 4.78 is 10.6. The number of hydrogen-bond donors (Lipinski definition) is 0. The van der Waals surface area contributed by atoms with E-state index in [0.717, 1.165) is 11.1 Å². The minimum atomic E-state index is -0.514. The van der Waals surface area contributed by atoms with Crippen LogP contribution in [0.3, 0.4) is 0 Å². The number of rotatable bonds is 4. The third kappa shape index (κ3) is 2.92. The Bertz CT molecular complexity index is 891. The molecule has 2 aromatic carbocycles. The second-order valence-electron chi connectivity index (χ2n) is 5.12. The molecular weight excluding hydrogens is 302 g/mol. The van der Waals surface area contributed by atoms with Gasteiger partial charge >= 0.3 is 5.97 Å². The fourth-order valence-corrected chi connectivity index (χ4v) is 2.56. The average Bonchev–Trinajstić information content (AvgIpc) is 3.16. The Hall–Kier alpha value is -3.32. The smallest absolute Gasteiger partial charge is 0.339 e. The second kappa shape index (κ2) is 6.84. The Morgan fingerprint density at radius 1 is 1.12 bits per heavy atom. The summed E-state index contributed by atoms with van der Waals surface area (Å²) >= 11 is 0. The van der Waals surface area contributed by atoms with E-state index >= 15 is 0 Å². The summed E-state index contributed by atoms with van der Waals surface area (Å²) in [5.41, 5.74) is 2.80. The van der Waals surface area contributed by atoms with Crippen molar-refractivity contribution in [2.75, 3.05) is 6.61 Å². The minimum absolute atomic E-state index is 0.243. The van der Waals surface area contributed by atoms with Gasteiger partial charge in [0, 0.05) is 11.1 Å². The molecule has 0 saturated heterocycles. The normalized spacial score (nSPS) is 10.2. The molecule has 0 saturated carbocycles. The lowest BCUT2D eigenvalue weighted by molar-refractivity contribution is 0.0526. The van der Waals surface area contributed by atoms with Crippen LogP contribution in [0.4, 0.5) is 0 Å². The molecule has 0 aliphatic rings. The van der Waals surface area contributed by atoms with Crippen LogP contribution in [0.25, 0.3) is 22.5 Å². The molecule has 1 aromatic heterocycles. The monoisotopic (exact) mass is 317 g/mol. The Labute approximate surface area is 139 Å². The number of carbonyl (C=O) groups excluding carboxylic acids is 1. The highest BCUT2D eigenvalue weighted by Gasteiger charge is 2.20. The Morgan fingerprint density at radius 3 is 2.54 bits per heavy atom. The largest absolute Gasteiger partial charge is 0.464 e. The standard InChI is InChI=1S/C20H15NO3/c1-2-23-20(22)17-12-15(19-9-6-10-24-19)11-16(18(17)13-21)14-7-4-3-5-8-14/h3-12H,2H2,1H3. The molecule has 3 aromatic rings. The summed E-state index contributed by atoms with van der Waals surface area (Å²) in [6.07, 6.45) is 1.57. The van der Waals surface area contributed by atoms with Crippen molar-refractivity contribution < 1.29 is 13.9 Å². The van der Waals surface area contributed by atoms with Crippen molar-refractivity contribution in [3.8, 4) is 28.5 Å². The first-order valence-electron chi connectivity index (χ1n) is 7.59. The molecule has 0 spiro atoms. The zero-order chi connectivity index (χ0) is 16.9. The molecular formula is C20H15NO3. The summed E-state index contributed by atoms with van der Waals surface area (Å²) in [7, 11) is 0. The molecule has 4 nitrogen and oxygen atoms in total. The lowest BCUT2D eigenvalue weighted by atomic mass is 9.92. The number of nitrogens with zero attached hydrogens (tertiary/aromatic N) is 1. The first-order chi connectivity index (χ1) is 11.7. The molecule has 0 radical (unpaired) electrons. The van der Waals surface area contributed by atoms with E-state index < -0.39 is 5.97 Å². The molecule has 0 fully saturated rings. The average molecular weight is 317 g/mol.